The molecule has 0 bridgehead atoms. The average Bonchev–Trinajstić information content (AvgIpc) is 2.29. The summed E-state index contributed by atoms with van der Waals surface area (Å²) < 4.78 is 0. The standard InChI is InChI=1S/C15H17N.ClH/c1-16(2)14-9-12-7-3-5-11-6-4-8-13(10-14)15(11)12;/h3-8,14H,9-10H2,1-2H3;1H. The highest BCUT2D eigenvalue weighted by Crippen LogP contribution is 2.30. The third-order valence-corrected chi connectivity index (χ3v) is 3.72. The van der Waals surface area contributed by atoms with E-state index in [1.807, 2.05) is 0 Å². The first-order chi connectivity index (χ1) is 7.75. The molecule has 17 heavy (non-hydrogen) atoms. The topological polar surface area (TPSA) is 3.24 Å². The van der Waals surface area contributed by atoms with E-state index in [-0.39, 0.29) is 12.4 Å². The van der Waals surface area contributed by atoms with E-state index in [2.05, 4.69) is 55.4 Å². The Morgan fingerprint density at radius 1 is 0.941 bits per heavy atom. The van der Waals surface area contributed by atoms with E-state index in [1.165, 1.54) is 34.7 Å². The minimum Gasteiger partial charge on any atom is -0.306 e. The summed E-state index contributed by atoms with van der Waals surface area (Å²) >= 11 is 0. The normalized spacial score (nSPS) is 15.0. The predicted molar refractivity (Wildman–Crippen MR) is 76.1 cm³/mol. The first-order valence-electron chi connectivity index (χ1n) is 5.91. The molecule has 0 atom stereocenters. The molecule has 2 aromatic rings. The largest absolute Gasteiger partial charge is 0.306 e. The van der Waals surface area contributed by atoms with Crippen molar-refractivity contribution < 1.29 is 0 Å². The first-order valence-corrected chi connectivity index (χ1v) is 5.91. The van der Waals surface area contributed by atoms with Crippen molar-refractivity contribution in [3.8, 4) is 0 Å². The molecule has 0 aromatic heterocycles. The molecule has 0 fully saturated rings. The lowest BCUT2D eigenvalue weighted by Crippen LogP contribution is -2.34. The van der Waals surface area contributed by atoms with E-state index >= 15 is 0 Å². The van der Waals surface area contributed by atoms with Crippen LogP contribution in [0.3, 0.4) is 0 Å². The molecular weight excluding hydrogens is 230 g/mol. The summed E-state index contributed by atoms with van der Waals surface area (Å²) in [7, 11) is 4.36. The fourth-order valence-corrected chi connectivity index (χ4v) is 2.79. The van der Waals surface area contributed by atoms with E-state index in [0.29, 0.717) is 6.04 Å². The van der Waals surface area contributed by atoms with Gasteiger partial charge in [-0.15, -0.1) is 12.4 Å². The van der Waals surface area contributed by atoms with Crippen molar-refractivity contribution >= 4 is 23.2 Å². The van der Waals surface area contributed by atoms with Crippen molar-refractivity contribution in [3.63, 3.8) is 0 Å². The van der Waals surface area contributed by atoms with Gasteiger partial charge < -0.3 is 4.90 Å². The monoisotopic (exact) mass is 247 g/mol. The van der Waals surface area contributed by atoms with Gasteiger partial charge in [0.2, 0.25) is 0 Å². The number of hydrogen-bond acceptors (Lipinski definition) is 1. The van der Waals surface area contributed by atoms with Crippen LogP contribution in [0.1, 0.15) is 11.1 Å². The van der Waals surface area contributed by atoms with Crippen molar-refractivity contribution in [2.24, 2.45) is 0 Å². The maximum absolute atomic E-state index is 2.34. The quantitative estimate of drug-likeness (QED) is 0.748. The molecule has 0 saturated heterocycles. The van der Waals surface area contributed by atoms with Gasteiger partial charge >= 0.3 is 0 Å². The summed E-state index contributed by atoms with van der Waals surface area (Å²) in [4.78, 5) is 2.34. The molecule has 0 aliphatic heterocycles. The van der Waals surface area contributed by atoms with Gasteiger partial charge in [-0.25, -0.2) is 0 Å². The molecule has 1 aliphatic carbocycles. The van der Waals surface area contributed by atoms with E-state index in [1.54, 1.807) is 0 Å². The lowest BCUT2D eigenvalue weighted by atomic mass is 9.85. The van der Waals surface area contributed by atoms with Gasteiger partial charge in [0.05, 0.1) is 0 Å². The van der Waals surface area contributed by atoms with Crippen molar-refractivity contribution in [1.82, 2.24) is 4.90 Å². The number of halogens is 1. The molecule has 2 heteroatoms. The van der Waals surface area contributed by atoms with Crippen molar-refractivity contribution in [2.75, 3.05) is 14.1 Å². The minimum absolute atomic E-state index is 0. The van der Waals surface area contributed by atoms with Gasteiger partial charge in [-0.3, -0.25) is 0 Å². The fourth-order valence-electron chi connectivity index (χ4n) is 2.79. The summed E-state index contributed by atoms with van der Waals surface area (Å²) in [6.45, 7) is 0. The second-order valence-corrected chi connectivity index (χ2v) is 4.96. The Morgan fingerprint density at radius 3 is 1.94 bits per heavy atom. The highest BCUT2D eigenvalue weighted by Gasteiger charge is 2.21. The van der Waals surface area contributed by atoms with Gasteiger partial charge in [0.1, 0.15) is 0 Å². The van der Waals surface area contributed by atoms with Crippen LogP contribution in [0.25, 0.3) is 10.8 Å². The summed E-state index contributed by atoms with van der Waals surface area (Å²) in [6, 6.07) is 14.0. The Balaban J connectivity index is 0.00000108. The molecular formula is C15H18ClN. The van der Waals surface area contributed by atoms with Crippen molar-refractivity contribution in [1.29, 1.82) is 0 Å². The van der Waals surface area contributed by atoms with Crippen LogP contribution in [0.15, 0.2) is 36.4 Å². The zero-order valence-electron chi connectivity index (χ0n) is 10.3. The van der Waals surface area contributed by atoms with E-state index in [9.17, 15) is 0 Å². The highest BCUT2D eigenvalue weighted by atomic mass is 35.5. The Labute approximate surface area is 109 Å². The zero-order chi connectivity index (χ0) is 11.1. The van der Waals surface area contributed by atoms with Gasteiger partial charge in [-0.2, -0.15) is 0 Å². The van der Waals surface area contributed by atoms with Crippen molar-refractivity contribution in [3.05, 3.63) is 47.5 Å². The third kappa shape index (κ3) is 2.05. The van der Waals surface area contributed by atoms with E-state index in [0.717, 1.165) is 0 Å². The maximum atomic E-state index is 2.34. The molecule has 0 saturated carbocycles. The Bertz CT molecular complexity index is 493. The molecule has 0 spiro atoms. The number of likely N-dealkylation sites (N-methyl/N-ethyl adjacent to an activating group) is 1. The van der Waals surface area contributed by atoms with Crippen LogP contribution in [-0.2, 0) is 12.8 Å². The van der Waals surface area contributed by atoms with Gasteiger partial charge in [0.25, 0.3) is 0 Å². The number of hydrogen-bond donors (Lipinski definition) is 0. The second-order valence-electron chi connectivity index (χ2n) is 4.96. The fraction of sp³-hybridized carbons (Fsp3) is 0.333. The molecule has 0 N–H and O–H groups in total. The van der Waals surface area contributed by atoms with Gasteiger partial charge in [-0.1, -0.05) is 36.4 Å². The number of rotatable bonds is 1. The molecule has 0 unspecified atom stereocenters. The summed E-state index contributed by atoms with van der Waals surface area (Å²) in [5, 5.41) is 2.90. The highest BCUT2D eigenvalue weighted by molar-refractivity contribution is 5.89. The Kier molecular flexibility index (Phi) is 3.41. The number of benzene rings is 2. The van der Waals surface area contributed by atoms with Crippen LogP contribution in [-0.4, -0.2) is 25.0 Å². The Hall–Kier alpha value is -1.05. The molecule has 3 rings (SSSR count). The van der Waals surface area contributed by atoms with E-state index in [4.69, 9.17) is 0 Å². The van der Waals surface area contributed by atoms with Crippen LogP contribution >= 0.6 is 12.4 Å². The smallest absolute Gasteiger partial charge is 0.0170 e. The Morgan fingerprint density at radius 2 is 1.47 bits per heavy atom. The molecule has 1 nitrogen and oxygen atoms in total. The predicted octanol–water partition coefficient (Wildman–Crippen LogP) is 3.29. The second kappa shape index (κ2) is 4.67. The van der Waals surface area contributed by atoms with Crippen molar-refractivity contribution in [2.45, 2.75) is 18.9 Å². The molecule has 2 aromatic carbocycles. The van der Waals surface area contributed by atoms with Crippen LogP contribution < -0.4 is 0 Å². The lowest BCUT2D eigenvalue weighted by molar-refractivity contribution is 0.287. The third-order valence-electron chi connectivity index (χ3n) is 3.72. The number of nitrogens with zero attached hydrogens (tertiary/aromatic N) is 1. The van der Waals surface area contributed by atoms with Gasteiger partial charge in [0, 0.05) is 6.04 Å². The lowest BCUT2D eigenvalue weighted by Gasteiger charge is -2.30. The molecule has 0 amide bonds. The van der Waals surface area contributed by atoms with Gasteiger partial charge in [-0.05, 0) is 48.8 Å². The van der Waals surface area contributed by atoms with Gasteiger partial charge in [0.15, 0.2) is 0 Å². The van der Waals surface area contributed by atoms with E-state index < -0.39 is 0 Å². The van der Waals surface area contributed by atoms with Crippen LogP contribution in [0.4, 0.5) is 0 Å². The average molecular weight is 248 g/mol. The summed E-state index contributed by atoms with van der Waals surface area (Å²) in [6.07, 6.45) is 2.36. The minimum atomic E-state index is 0. The van der Waals surface area contributed by atoms with Crippen LogP contribution in [0, 0.1) is 0 Å². The first kappa shape index (κ1) is 12.4. The molecule has 0 radical (unpaired) electrons. The zero-order valence-corrected chi connectivity index (χ0v) is 11.1. The molecule has 1 aliphatic rings. The maximum Gasteiger partial charge on any atom is 0.0170 e. The van der Waals surface area contributed by atoms with Crippen LogP contribution in [0.5, 0.6) is 0 Å². The van der Waals surface area contributed by atoms with Crippen LogP contribution in [0.2, 0.25) is 0 Å². The molecule has 0 heterocycles. The summed E-state index contributed by atoms with van der Waals surface area (Å²) in [5.41, 5.74) is 3.02. The molecule has 90 valence electrons. The SMILES string of the molecule is CN(C)C1Cc2cccc3cccc(c23)C1.Cl. The summed E-state index contributed by atoms with van der Waals surface area (Å²) in [5.74, 6) is 0.